The third-order valence-corrected chi connectivity index (χ3v) is 4.45. The quantitative estimate of drug-likeness (QED) is 0.851. The molecule has 0 unspecified atom stereocenters. The molecular weight excluding hydrogens is 252 g/mol. The molecule has 20 heavy (non-hydrogen) atoms. The number of carbonyl (C=O) groups is 2. The molecule has 1 N–H and O–H groups in total. The van der Waals surface area contributed by atoms with E-state index in [1.165, 1.54) is 0 Å². The molecule has 1 aromatic carbocycles. The number of nitrogens with one attached hydrogen (secondary N) is 1. The molecule has 1 spiro atoms. The van der Waals surface area contributed by atoms with Crippen LogP contribution in [-0.4, -0.2) is 23.9 Å². The fourth-order valence-corrected chi connectivity index (χ4v) is 3.36. The van der Waals surface area contributed by atoms with Gasteiger partial charge in [0.1, 0.15) is 12.1 Å². The largest absolute Gasteiger partial charge is 0.340 e. The van der Waals surface area contributed by atoms with E-state index in [2.05, 4.69) is 5.32 Å². The van der Waals surface area contributed by atoms with Gasteiger partial charge in [0, 0.05) is 5.69 Å². The number of rotatable bonds is 1. The minimum atomic E-state index is -0.647. The minimum absolute atomic E-state index is 0.0487. The van der Waals surface area contributed by atoms with Crippen LogP contribution in [0.3, 0.4) is 0 Å². The molecule has 4 heteroatoms. The summed E-state index contributed by atoms with van der Waals surface area (Å²) in [5, 5.41) is 2.95. The van der Waals surface area contributed by atoms with E-state index in [0.29, 0.717) is 0 Å². The van der Waals surface area contributed by atoms with E-state index in [9.17, 15) is 9.59 Å². The van der Waals surface area contributed by atoms with Gasteiger partial charge in [0.2, 0.25) is 5.91 Å². The van der Waals surface area contributed by atoms with Crippen LogP contribution in [0.4, 0.5) is 5.69 Å². The number of hydrogen-bond acceptors (Lipinski definition) is 2. The van der Waals surface area contributed by atoms with Gasteiger partial charge in [-0.25, -0.2) is 0 Å². The van der Waals surface area contributed by atoms with E-state index in [0.717, 1.165) is 42.5 Å². The fourth-order valence-electron chi connectivity index (χ4n) is 3.36. The number of carbonyl (C=O) groups excluding carboxylic acids is 2. The number of piperazine rings is 1. The summed E-state index contributed by atoms with van der Waals surface area (Å²) in [5.74, 6) is 0.00991. The molecule has 1 heterocycles. The predicted octanol–water partition coefficient (Wildman–Crippen LogP) is 2.08. The van der Waals surface area contributed by atoms with Gasteiger partial charge < -0.3 is 10.2 Å². The Morgan fingerprint density at radius 1 is 1.15 bits per heavy atom. The first-order valence-electron chi connectivity index (χ1n) is 7.22. The van der Waals surface area contributed by atoms with Crippen molar-refractivity contribution in [2.24, 2.45) is 0 Å². The predicted molar refractivity (Wildman–Crippen MR) is 77.6 cm³/mol. The van der Waals surface area contributed by atoms with Crippen LogP contribution in [-0.2, 0) is 9.59 Å². The number of hydrogen-bond donors (Lipinski definition) is 1. The highest BCUT2D eigenvalue weighted by molar-refractivity contribution is 6.09. The zero-order chi connectivity index (χ0) is 14.3. The Morgan fingerprint density at radius 2 is 1.85 bits per heavy atom. The average Bonchev–Trinajstić information content (AvgIpc) is 2.86. The van der Waals surface area contributed by atoms with Gasteiger partial charge >= 0.3 is 0 Å². The molecular formula is C16H20N2O2. The van der Waals surface area contributed by atoms with Gasteiger partial charge in [-0.15, -0.1) is 0 Å². The minimum Gasteiger partial charge on any atom is -0.340 e. The maximum absolute atomic E-state index is 12.9. The van der Waals surface area contributed by atoms with E-state index in [1.54, 1.807) is 4.90 Å². The Hall–Kier alpha value is -1.84. The lowest BCUT2D eigenvalue weighted by Crippen LogP contribution is -2.65. The molecule has 1 saturated carbocycles. The second-order valence-corrected chi connectivity index (χ2v) is 6.02. The van der Waals surface area contributed by atoms with Crippen LogP contribution in [0, 0.1) is 13.8 Å². The van der Waals surface area contributed by atoms with Crippen molar-refractivity contribution in [3.63, 3.8) is 0 Å². The second-order valence-electron chi connectivity index (χ2n) is 6.02. The maximum Gasteiger partial charge on any atom is 0.253 e. The second kappa shape index (κ2) is 4.62. The van der Waals surface area contributed by atoms with Gasteiger partial charge in [-0.1, -0.05) is 25.0 Å². The third-order valence-electron chi connectivity index (χ3n) is 4.45. The van der Waals surface area contributed by atoms with Crippen molar-refractivity contribution in [2.75, 3.05) is 11.4 Å². The van der Waals surface area contributed by atoms with E-state index in [-0.39, 0.29) is 18.4 Å². The van der Waals surface area contributed by atoms with Gasteiger partial charge in [0.05, 0.1) is 0 Å². The molecule has 2 fully saturated rings. The summed E-state index contributed by atoms with van der Waals surface area (Å²) in [4.78, 5) is 26.6. The summed E-state index contributed by atoms with van der Waals surface area (Å²) in [6.45, 7) is 4.11. The molecule has 1 aliphatic carbocycles. The molecule has 0 radical (unpaired) electrons. The van der Waals surface area contributed by atoms with Gasteiger partial charge in [-0.2, -0.15) is 0 Å². The first kappa shape index (κ1) is 13.2. The number of nitrogens with zero attached hydrogens (tertiary/aromatic N) is 1. The topological polar surface area (TPSA) is 49.4 Å². The van der Waals surface area contributed by atoms with Crippen molar-refractivity contribution >= 4 is 17.5 Å². The third kappa shape index (κ3) is 1.99. The first-order chi connectivity index (χ1) is 9.52. The summed E-state index contributed by atoms with van der Waals surface area (Å²) < 4.78 is 0. The first-order valence-corrected chi connectivity index (χ1v) is 7.22. The summed E-state index contributed by atoms with van der Waals surface area (Å²) in [6.07, 6.45) is 3.54. The van der Waals surface area contributed by atoms with Crippen molar-refractivity contribution in [1.29, 1.82) is 0 Å². The highest BCUT2D eigenvalue weighted by Gasteiger charge is 2.48. The molecule has 1 aliphatic heterocycles. The summed E-state index contributed by atoms with van der Waals surface area (Å²) in [5.41, 5.74) is 2.36. The highest BCUT2D eigenvalue weighted by Crippen LogP contribution is 2.35. The van der Waals surface area contributed by atoms with Crippen LogP contribution in [0.15, 0.2) is 18.2 Å². The molecule has 2 amide bonds. The van der Waals surface area contributed by atoms with Crippen LogP contribution in [0.25, 0.3) is 0 Å². The van der Waals surface area contributed by atoms with Gasteiger partial charge in [-0.3, -0.25) is 9.59 Å². The highest BCUT2D eigenvalue weighted by atomic mass is 16.2. The molecule has 0 aromatic heterocycles. The number of anilines is 1. The van der Waals surface area contributed by atoms with Crippen molar-refractivity contribution in [3.8, 4) is 0 Å². The molecule has 4 nitrogen and oxygen atoms in total. The van der Waals surface area contributed by atoms with E-state index in [4.69, 9.17) is 0 Å². The Morgan fingerprint density at radius 3 is 2.55 bits per heavy atom. The maximum atomic E-state index is 12.9. The van der Waals surface area contributed by atoms with Crippen LogP contribution in [0.1, 0.15) is 36.8 Å². The summed E-state index contributed by atoms with van der Waals surface area (Å²) in [6, 6.07) is 6.03. The van der Waals surface area contributed by atoms with Crippen molar-refractivity contribution in [3.05, 3.63) is 29.3 Å². The van der Waals surface area contributed by atoms with Gasteiger partial charge in [-0.05, 0) is 43.9 Å². The lowest BCUT2D eigenvalue weighted by molar-refractivity contribution is -0.135. The Kier molecular flexibility index (Phi) is 3.04. The SMILES string of the molecule is Cc1ccc(C)c(N2CC(=O)NC3(CCCC3)C2=O)c1. The number of aryl methyl sites for hydroxylation is 2. The van der Waals surface area contributed by atoms with Gasteiger partial charge in [0.25, 0.3) is 5.91 Å². The molecule has 1 saturated heterocycles. The van der Waals surface area contributed by atoms with Crippen LogP contribution < -0.4 is 10.2 Å². The Balaban J connectivity index is 2.02. The van der Waals surface area contributed by atoms with E-state index in [1.807, 2.05) is 32.0 Å². The molecule has 0 bridgehead atoms. The van der Waals surface area contributed by atoms with E-state index < -0.39 is 5.54 Å². The zero-order valence-corrected chi connectivity index (χ0v) is 12.0. The monoisotopic (exact) mass is 272 g/mol. The lowest BCUT2D eigenvalue weighted by atomic mass is 9.92. The molecule has 3 rings (SSSR count). The number of benzene rings is 1. The van der Waals surface area contributed by atoms with Gasteiger partial charge in [0.15, 0.2) is 0 Å². The smallest absolute Gasteiger partial charge is 0.253 e. The molecule has 2 aliphatic rings. The van der Waals surface area contributed by atoms with Crippen LogP contribution >= 0.6 is 0 Å². The van der Waals surface area contributed by atoms with Crippen LogP contribution in [0.2, 0.25) is 0 Å². The average molecular weight is 272 g/mol. The van der Waals surface area contributed by atoms with Crippen molar-refractivity contribution in [2.45, 2.75) is 45.1 Å². The molecule has 1 aromatic rings. The lowest BCUT2D eigenvalue weighted by Gasteiger charge is -2.40. The fraction of sp³-hybridized carbons (Fsp3) is 0.500. The van der Waals surface area contributed by atoms with E-state index >= 15 is 0 Å². The summed E-state index contributed by atoms with van der Waals surface area (Å²) in [7, 11) is 0. The van der Waals surface area contributed by atoms with Crippen LogP contribution in [0.5, 0.6) is 0 Å². The Labute approximate surface area is 119 Å². The Bertz CT molecular complexity index is 574. The number of amides is 2. The standard InChI is InChI=1S/C16H20N2O2/c1-11-5-6-12(2)13(9-11)18-10-14(19)17-16(15(18)20)7-3-4-8-16/h5-6,9H,3-4,7-8,10H2,1-2H3,(H,17,19). The van der Waals surface area contributed by atoms with Crippen molar-refractivity contribution < 1.29 is 9.59 Å². The van der Waals surface area contributed by atoms with Crippen molar-refractivity contribution in [1.82, 2.24) is 5.32 Å². The normalized spacial score (nSPS) is 21.4. The molecule has 0 atom stereocenters. The summed E-state index contributed by atoms with van der Waals surface area (Å²) >= 11 is 0. The molecule has 106 valence electrons. The zero-order valence-electron chi connectivity index (χ0n) is 12.0.